The van der Waals surface area contributed by atoms with Crippen molar-refractivity contribution < 1.29 is 64.0 Å². The van der Waals surface area contributed by atoms with E-state index >= 15 is 0 Å². The minimum absolute atomic E-state index is 0.0666. The lowest BCUT2D eigenvalue weighted by molar-refractivity contribution is -0.199. The van der Waals surface area contributed by atoms with E-state index in [4.69, 9.17) is 43.3 Å². The molecule has 3 aromatic carbocycles. The predicted octanol–water partition coefficient (Wildman–Crippen LogP) is 5.72. The minimum Gasteiger partial charge on any atom is -0.466 e. The fourth-order valence-corrected chi connectivity index (χ4v) is 8.59. The number of benzene rings is 3. The van der Waals surface area contributed by atoms with Crippen molar-refractivity contribution in [1.82, 2.24) is 5.32 Å². The van der Waals surface area contributed by atoms with Gasteiger partial charge in [-0.25, -0.2) is 0 Å². The molecule has 3 aromatic rings. The Bertz CT molecular complexity index is 2000. The summed E-state index contributed by atoms with van der Waals surface area (Å²) in [4.78, 5) is 24.1. The van der Waals surface area contributed by atoms with Gasteiger partial charge in [0.05, 0.1) is 61.3 Å². The zero-order chi connectivity index (χ0) is 45.6. The topological polar surface area (TPSA) is 236 Å². The summed E-state index contributed by atoms with van der Waals surface area (Å²) < 4.78 is 92.3. The summed E-state index contributed by atoms with van der Waals surface area (Å²) in [5.41, 5.74) is 9.08. The highest BCUT2D eigenvalue weighted by Gasteiger charge is 2.49. The number of esters is 2. The van der Waals surface area contributed by atoms with Gasteiger partial charge >= 0.3 is 11.9 Å². The van der Waals surface area contributed by atoms with Crippen molar-refractivity contribution in [1.29, 1.82) is 0 Å². The van der Waals surface area contributed by atoms with Crippen LogP contribution in [-0.2, 0) is 58.2 Å². The summed E-state index contributed by atoms with van der Waals surface area (Å²) >= 11 is 0. The van der Waals surface area contributed by atoms with Gasteiger partial charge in [0, 0.05) is 43.8 Å². The lowest BCUT2D eigenvalue weighted by Crippen LogP contribution is -2.51. The molecule has 5 N–H and O–H groups in total. The third-order valence-electron chi connectivity index (χ3n) is 11.0. The number of aryl methyl sites for hydroxylation is 2. The van der Waals surface area contributed by atoms with Crippen LogP contribution in [0.3, 0.4) is 0 Å². The average Bonchev–Trinajstić information content (AvgIpc) is 3.90. The number of nitrogens with one attached hydrogen (secondary N) is 1. The Morgan fingerprint density at radius 2 is 1.10 bits per heavy atom. The number of nitrogens with two attached hydrogens (primary N) is 1. The van der Waals surface area contributed by atoms with E-state index in [1.807, 2.05) is 39.0 Å². The first-order chi connectivity index (χ1) is 29.3. The first-order valence-electron chi connectivity index (χ1n) is 20.8. The Kier molecular flexibility index (Phi) is 19.0. The van der Waals surface area contributed by atoms with Crippen LogP contribution in [-0.4, -0.2) is 101 Å². The van der Waals surface area contributed by atoms with Crippen molar-refractivity contribution in [3.05, 3.63) is 95.6 Å². The number of carbonyl (C=O) groups is 2. The van der Waals surface area contributed by atoms with E-state index in [0.717, 1.165) is 36.8 Å². The van der Waals surface area contributed by atoms with Crippen LogP contribution in [0.1, 0.15) is 82.0 Å². The Hall–Kier alpha value is -3.82. The van der Waals surface area contributed by atoms with Gasteiger partial charge in [0.25, 0.3) is 20.2 Å². The second kappa shape index (κ2) is 23.2. The van der Waals surface area contributed by atoms with Crippen LogP contribution in [0.15, 0.2) is 88.7 Å². The quantitative estimate of drug-likeness (QED) is 0.149. The molecule has 0 amide bonds. The molecule has 2 aliphatic carbocycles. The summed E-state index contributed by atoms with van der Waals surface area (Å²) in [6.07, 6.45) is 4.23. The Balaban J connectivity index is 0.000000193. The predicted molar refractivity (Wildman–Crippen MR) is 229 cm³/mol. The summed E-state index contributed by atoms with van der Waals surface area (Å²) in [6.45, 7) is 12.6. The molecule has 62 heavy (non-hydrogen) atoms. The van der Waals surface area contributed by atoms with Gasteiger partial charge in [-0.15, -0.1) is 0 Å². The maximum atomic E-state index is 12.5. The zero-order valence-corrected chi connectivity index (χ0v) is 37.7. The van der Waals surface area contributed by atoms with Crippen molar-refractivity contribution >= 4 is 32.2 Å². The summed E-state index contributed by atoms with van der Waals surface area (Å²) in [5, 5.41) is 3.62. The van der Waals surface area contributed by atoms with E-state index < -0.39 is 31.8 Å². The standard InChI is InChI=1S/C19H27NO4.C11H19NO4.2C7H8O3S/c1-3-22-18(21)16-13-19(23-11-12-24-19)10-9-17(16)20-14(2)15-7-5-4-6-8-15;1-2-14-10(13)8-7-11(4-3-9(8)12)15-5-6-16-11;2*1-6-2-4-7(5-3-6)11(8,9)10/h4-8,14,16-17,20H,3,9-13H2,1-2H3;8-9H,2-7,12H2,1H3;2*2-5H,1H3,(H,8,9,10)/t14-,16+,17-;8-,9+;;/m01../s1. The molecule has 16 nitrogen and oxygen atoms in total. The van der Waals surface area contributed by atoms with E-state index in [1.54, 1.807) is 31.2 Å². The molecule has 4 fully saturated rings. The summed E-state index contributed by atoms with van der Waals surface area (Å²) in [6, 6.07) is 22.4. The molecule has 5 atom stereocenters. The van der Waals surface area contributed by atoms with E-state index in [9.17, 15) is 26.4 Å². The van der Waals surface area contributed by atoms with Gasteiger partial charge in [-0.1, -0.05) is 65.7 Å². The van der Waals surface area contributed by atoms with Crippen molar-refractivity contribution in [3.63, 3.8) is 0 Å². The van der Waals surface area contributed by atoms with E-state index in [2.05, 4.69) is 24.4 Å². The van der Waals surface area contributed by atoms with Gasteiger partial charge in [-0.3, -0.25) is 18.7 Å². The van der Waals surface area contributed by atoms with E-state index in [0.29, 0.717) is 52.5 Å². The molecule has 0 unspecified atom stereocenters. The van der Waals surface area contributed by atoms with Crippen molar-refractivity contribution in [2.75, 3.05) is 39.6 Å². The molecule has 344 valence electrons. The normalized spacial score (nSPS) is 23.0. The highest BCUT2D eigenvalue weighted by atomic mass is 32.2. The maximum absolute atomic E-state index is 12.5. The first kappa shape index (κ1) is 50.8. The van der Waals surface area contributed by atoms with Crippen LogP contribution in [0.25, 0.3) is 0 Å². The molecule has 0 bridgehead atoms. The molecule has 2 heterocycles. The average molecular weight is 907 g/mol. The molecule has 2 saturated heterocycles. The Labute approximate surface area is 365 Å². The van der Waals surface area contributed by atoms with E-state index in [1.165, 1.54) is 29.8 Å². The van der Waals surface area contributed by atoms with Crippen molar-refractivity contribution in [2.45, 2.75) is 113 Å². The molecule has 2 saturated carbocycles. The van der Waals surface area contributed by atoms with Crippen LogP contribution in [0.5, 0.6) is 0 Å². The minimum atomic E-state index is -4.02. The third-order valence-corrected chi connectivity index (χ3v) is 12.7. The maximum Gasteiger partial charge on any atom is 0.310 e. The molecule has 7 rings (SSSR count). The van der Waals surface area contributed by atoms with Gasteiger partial charge in [0.15, 0.2) is 11.6 Å². The monoisotopic (exact) mass is 906 g/mol. The Morgan fingerprint density at radius 3 is 1.52 bits per heavy atom. The van der Waals surface area contributed by atoms with Crippen LogP contribution < -0.4 is 11.1 Å². The number of hydrogen-bond donors (Lipinski definition) is 4. The number of ether oxygens (including phenoxy) is 6. The SMILES string of the molecule is CCOC(=O)[C@@H]1CC2(CC[C@@H]1N)OCCO2.CCOC(=O)[C@@H]1CC2(CC[C@@H]1N[C@@H](C)c1ccccc1)OCCO2.Cc1ccc(S(=O)(=O)O)cc1.Cc1ccc(S(=O)(=O)O)cc1. The van der Waals surface area contributed by atoms with Gasteiger partial charge in [-0.2, -0.15) is 16.8 Å². The molecule has 4 aliphatic rings. The van der Waals surface area contributed by atoms with Crippen molar-refractivity contribution in [2.24, 2.45) is 17.6 Å². The molecule has 2 spiro atoms. The lowest BCUT2D eigenvalue weighted by Gasteiger charge is -2.41. The molecule has 0 radical (unpaired) electrons. The molecule has 2 aliphatic heterocycles. The van der Waals surface area contributed by atoms with Gasteiger partial charge in [0.2, 0.25) is 0 Å². The highest BCUT2D eigenvalue weighted by Crippen LogP contribution is 2.41. The smallest absolute Gasteiger partial charge is 0.310 e. The first-order valence-corrected chi connectivity index (χ1v) is 23.7. The second-order valence-corrected chi connectivity index (χ2v) is 18.4. The van der Waals surface area contributed by atoms with Gasteiger partial charge < -0.3 is 39.5 Å². The third kappa shape index (κ3) is 15.2. The van der Waals surface area contributed by atoms with Crippen molar-refractivity contribution in [3.8, 4) is 0 Å². The zero-order valence-electron chi connectivity index (χ0n) is 36.1. The van der Waals surface area contributed by atoms with Crippen LogP contribution >= 0.6 is 0 Å². The largest absolute Gasteiger partial charge is 0.466 e. The van der Waals surface area contributed by atoms with Gasteiger partial charge in [0.1, 0.15) is 0 Å². The fourth-order valence-electron chi connectivity index (χ4n) is 7.63. The Morgan fingerprint density at radius 1 is 0.694 bits per heavy atom. The lowest BCUT2D eigenvalue weighted by atomic mass is 9.80. The molecule has 18 heteroatoms. The van der Waals surface area contributed by atoms with Crippen LogP contribution in [0, 0.1) is 25.7 Å². The molecular formula is C44H62N2O14S2. The number of carbonyl (C=O) groups excluding carboxylic acids is 2. The second-order valence-electron chi connectivity index (χ2n) is 15.6. The molecule has 0 aromatic heterocycles. The summed E-state index contributed by atoms with van der Waals surface area (Å²) in [5.74, 6) is -2.10. The van der Waals surface area contributed by atoms with Crippen LogP contribution in [0.2, 0.25) is 0 Å². The number of hydrogen-bond acceptors (Lipinski definition) is 14. The van der Waals surface area contributed by atoms with Gasteiger partial charge in [-0.05, 0) is 77.3 Å². The molecular weight excluding hydrogens is 845 g/mol. The highest BCUT2D eigenvalue weighted by molar-refractivity contribution is 7.86. The van der Waals surface area contributed by atoms with Crippen LogP contribution in [0.4, 0.5) is 0 Å². The van der Waals surface area contributed by atoms with E-state index in [-0.39, 0.29) is 51.7 Å². The number of rotatable bonds is 9. The fraction of sp³-hybridized carbons (Fsp3) is 0.545. The summed E-state index contributed by atoms with van der Waals surface area (Å²) in [7, 11) is -8.04.